The van der Waals surface area contributed by atoms with E-state index in [1.807, 2.05) is 6.54 Å². The fourth-order valence-corrected chi connectivity index (χ4v) is 1.36. The number of carbonyl (C=O) groups is 1. The van der Waals surface area contributed by atoms with E-state index in [0.717, 1.165) is 19.5 Å². The van der Waals surface area contributed by atoms with Gasteiger partial charge in [-0.05, 0) is 13.0 Å². The van der Waals surface area contributed by atoms with E-state index < -0.39 is 0 Å². The van der Waals surface area contributed by atoms with Gasteiger partial charge in [-0.3, -0.25) is 4.79 Å². The van der Waals surface area contributed by atoms with Crippen molar-refractivity contribution >= 4 is 5.91 Å². The lowest BCUT2D eigenvalue weighted by atomic mass is 9.80. The summed E-state index contributed by atoms with van der Waals surface area (Å²) in [4.78, 5) is 10.9. The summed E-state index contributed by atoms with van der Waals surface area (Å²) in [7, 11) is 0. The predicted molar refractivity (Wildman–Crippen MR) is 32.4 cm³/mol. The van der Waals surface area contributed by atoms with Gasteiger partial charge in [0.1, 0.15) is 0 Å². The summed E-state index contributed by atoms with van der Waals surface area (Å²) in [5, 5.41) is 5.79. The van der Waals surface area contributed by atoms with Crippen LogP contribution in [-0.2, 0) is 4.79 Å². The molecule has 1 spiro atoms. The molecule has 0 aromatic carbocycles. The highest BCUT2D eigenvalue weighted by Crippen LogP contribution is 2.33. The fraction of sp³-hybridized carbons (Fsp3) is 0.667. The van der Waals surface area contributed by atoms with Crippen molar-refractivity contribution in [2.75, 3.05) is 13.1 Å². The van der Waals surface area contributed by atoms with Crippen LogP contribution in [0.25, 0.3) is 0 Å². The molecule has 1 atom stereocenters. The van der Waals surface area contributed by atoms with Crippen LogP contribution in [-0.4, -0.2) is 19.0 Å². The Balaban J connectivity index is 2.14. The van der Waals surface area contributed by atoms with Crippen LogP contribution in [0.1, 0.15) is 6.42 Å². The lowest BCUT2D eigenvalue weighted by molar-refractivity contribution is -0.134. The van der Waals surface area contributed by atoms with Gasteiger partial charge in [0.25, 0.3) is 0 Å². The molecular formula is C6H9N2O. The lowest BCUT2D eigenvalue weighted by Gasteiger charge is -2.35. The monoisotopic (exact) mass is 125 g/mol. The Hall–Kier alpha value is -0.570. The first kappa shape index (κ1) is 5.23. The second kappa shape index (κ2) is 1.48. The van der Waals surface area contributed by atoms with Crippen molar-refractivity contribution in [3.05, 3.63) is 6.54 Å². The van der Waals surface area contributed by atoms with Gasteiger partial charge in [0.15, 0.2) is 0 Å². The van der Waals surface area contributed by atoms with E-state index in [1.165, 1.54) is 0 Å². The van der Waals surface area contributed by atoms with E-state index >= 15 is 0 Å². The molecule has 3 nitrogen and oxygen atoms in total. The van der Waals surface area contributed by atoms with E-state index in [-0.39, 0.29) is 11.3 Å². The second-order valence-electron chi connectivity index (χ2n) is 2.70. The minimum Gasteiger partial charge on any atom is -0.350 e. The quantitative estimate of drug-likeness (QED) is 0.418. The minimum atomic E-state index is -0.111. The molecule has 0 aromatic heterocycles. The molecule has 0 aromatic rings. The zero-order valence-corrected chi connectivity index (χ0v) is 5.11. The average molecular weight is 125 g/mol. The summed E-state index contributed by atoms with van der Waals surface area (Å²) in [6.45, 7) is 3.71. The van der Waals surface area contributed by atoms with Gasteiger partial charge in [0.05, 0.1) is 12.0 Å². The molecule has 2 fully saturated rings. The van der Waals surface area contributed by atoms with Crippen molar-refractivity contribution in [1.29, 1.82) is 0 Å². The first-order valence-corrected chi connectivity index (χ1v) is 3.20. The van der Waals surface area contributed by atoms with Crippen molar-refractivity contribution < 1.29 is 4.79 Å². The molecule has 2 aliphatic rings. The molecule has 9 heavy (non-hydrogen) atoms. The molecule has 2 rings (SSSR count). The summed E-state index contributed by atoms with van der Waals surface area (Å²) in [6.07, 6.45) is 0.971. The van der Waals surface area contributed by atoms with E-state index in [0.29, 0.717) is 0 Å². The summed E-state index contributed by atoms with van der Waals surface area (Å²) in [6, 6.07) is 0. The largest absolute Gasteiger partial charge is 0.350 e. The number of hydrogen-bond donors (Lipinski definition) is 2. The third kappa shape index (κ3) is 0.525. The second-order valence-corrected chi connectivity index (χ2v) is 2.70. The number of β-lactam (4-membered cyclic amide) rings is 1. The van der Waals surface area contributed by atoms with E-state index in [2.05, 4.69) is 10.6 Å². The zero-order valence-electron chi connectivity index (χ0n) is 5.11. The number of carbonyl (C=O) groups excluding carboxylic acids is 1. The normalized spacial score (nSPS) is 40.7. The van der Waals surface area contributed by atoms with Gasteiger partial charge < -0.3 is 10.6 Å². The number of rotatable bonds is 0. The van der Waals surface area contributed by atoms with Crippen LogP contribution >= 0.6 is 0 Å². The van der Waals surface area contributed by atoms with Crippen LogP contribution in [0.2, 0.25) is 0 Å². The Morgan fingerprint density at radius 3 is 2.78 bits per heavy atom. The predicted octanol–water partition coefficient (Wildman–Crippen LogP) is -0.742. The summed E-state index contributed by atoms with van der Waals surface area (Å²) in [5.74, 6) is 0.188. The Morgan fingerprint density at radius 1 is 1.67 bits per heavy atom. The van der Waals surface area contributed by atoms with Gasteiger partial charge in [-0.15, -0.1) is 0 Å². The van der Waals surface area contributed by atoms with Crippen LogP contribution in [0.3, 0.4) is 0 Å². The molecule has 3 heteroatoms. The van der Waals surface area contributed by atoms with E-state index in [9.17, 15) is 4.79 Å². The highest BCUT2D eigenvalue weighted by atomic mass is 16.2. The Bertz CT molecular complexity index is 149. The van der Waals surface area contributed by atoms with Crippen molar-refractivity contribution in [3.63, 3.8) is 0 Å². The highest BCUT2D eigenvalue weighted by molar-refractivity contribution is 5.91. The van der Waals surface area contributed by atoms with Crippen LogP contribution in [0.4, 0.5) is 0 Å². The first-order chi connectivity index (χ1) is 4.33. The highest BCUT2D eigenvalue weighted by Gasteiger charge is 2.48. The topological polar surface area (TPSA) is 41.1 Å². The van der Waals surface area contributed by atoms with Gasteiger partial charge in [0, 0.05) is 6.54 Å². The molecule has 49 valence electrons. The van der Waals surface area contributed by atoms with E-state index in [1.54, 1.807) is 0 Å². The van der Waals surface area contributed by atoms with Gasteiger partial charge in [-0.25, -0.2) is 0 Å². The van der Waals surface area contributed by atoms with Gasteiger partial charge in [-0.1, -0.05) is 0 Å². The number of amides is 1. The molecule has 0 saturated carbocycles. The third-order valence-electron chi connectivity index (χ3n) is 2.12. The molecule has 1 amide bonds. The zero-order chi connectivity index (χ0) is 6.32. The van der Waals surface area contributed by atoms with Crippen LogP contribution < -0.4 is 10.6 Å². The fourth-order valence-electron chi connectivity index (χ4n) is 1.36. The van der Waals surface area contributed by atoms with Crippen LogP contribution in [0.5, 0.6) is 0 Å². The number of nitrogens with one attached hydrogen (secondary N) is 2. The maximum atomic E-state index is 10.9. The third-order valence-corrected chi connectivity index (χ3v) is 2.12. The summed E-state index contributed by atoms with van der Waals surface area (Å²) in [5.41, 5.74) is -0.111. The summed E-state index contributed by atoms with van der Waals surface area (Å²) >= 11 is 0. The van der Waals surface area contributed by atoms with E-state index in [4.69, 9.17) is 0 Å². The molecule has 0 bridgehead atoms. The molecule has 2 saturated heterocycles. The Morgan fingerprint density at radius 2 is 2.56 bits per heavy atom. The summed E-state index contributed by atoms with van der Waals surface area (Å²) < 4.78 is 0. The van der Waals surface area contributed by atoms with Gasteiger partial charge in [-0.2, -0.15) is 0 Å². The maximum Gasteiger partial charge on any atom is 0.230 e. The molecule has 1 radical (unpaired) electrons. The SMILES string of the molecule is O=C1N[CH]C12CCNC2. The van der Waals surface area contributed by atoms with Crippen molar-refractivity contribution in [2.24, 2.45) is 5.41 Å². The van der Waals surface area contributed by atoms with Crippen LogP contribution in [0, 0.1) is 12.0 Å². The Labute approximate surface area is 53.8 Å². The van der Waals surface area contributed by atoms with Crippen molar-refractivity contribution in [3.8, 4) is 0 Å². The molecular weight excluding hydrogens is 116 g/mol. The smallest absolute Gasteiger partial charge is 0.230 e. The standard InChI is InChI=1S/C6H9N2O/c9-5-6(4-8-5)1-2-7-3-6/h4,7H,1-3H2,(H,8,9). The molecule has 2 aliphatic heterocycles. The van der Waals surface area contributed by atoms with Crippen LogP contribution in [0.15, 0.2) is 0 Å². The van der Waals surface area contributed by atoms with Gasteiger partial charge >= 0.3 is 0 Å². The maximum absolute atomic E-state index is 10.9. The molecule has 0 aliphatic carbocycles. The molecule has 1 unspecified atom stereocenters. The minimum absolute atomic E-state index is 0.111. The van der Waals surface area contributed by atoms with Crippen molar-refractivity contribution in [2.45, 2.75) is 6.42 Å². The van der Waals surface area contributed by atoms with Crippen molar-refractivity contribution in [1.82, 2.24) is 10.6 Å². The lowest BCUT2D eigenvalue weighted by Crippen LogP contribution is -2.55. The van der Waals surface area contributed by atoms with Gasteiger partial charge in [0.2, 0.25) is 5.91 Å². The Kier molecular flexibility index (Phi) is 0.858. The average Bonchev–Trinajstić information content (AvgIpc) is 2.34. The molecule has 2 N–H and O–H groups in total. The number of hydrogen-bond acceptors (Lipinski definition) is 2. The molecule has 2 heterocycles. The first-order valence-electron chi connectivity index (χ1n) is 3.20.